The molecule has 0 bridgehead atoms. The highest BCUT2D eigenvalue weighted by molar-refractivity contribution is 6.31. The molecule has 0 saturated carbocycles. The van der Waals surface area contributed by atoms with Crippen molar-refractivity contribution in [2.45, 2.75) is 36.9 Å². The Labute approximate surface area is 177 Å². The number of piperidine rings is 1. The molecule has 2 spiro atoms. The maximum atomic E-state index is 12.9. The molecule has 1 amide bonds. The van der Waals surface area contributed by atoms with Crippen LogP contribution in [0, 0.1) is 0 Å². The lowest BCUT2D eigenvalue weighted by Crippen LogP contribution is -2.40. The molecule has 4 aliphatic rings. The number of amides is 1. The zero-order valence-corrected chi connectivity index (χ0v) is 16.8. The van der Waals surface area contributed by atoms with Crippen LogP contribution < -0.4 is 5.32 Å². The Morgan fingerprint density at radius 3 is 2.40 bits per heavy atom. The van der Waals surface area contributed by atoms with Gasteiger partial charge < -0.3 is 14.8 Å². The number of pyridine rings is 1. The third-order valence-electron chi connectivity index (χ3n) is 6.58. The van der Waals surface area contributed by atoms with Crippen LogP contribution in [-0.2, 0) is 32.7 Å². The fourth-order valence-electron chi connectivity index (χ4n) is 5.10. The summed E-state index contributed by atoms with van der Waals surface area (Å²) in [6.07, 6.45) is 3.59. The molecule has 6 rings (SSSR count). The van der Waals surface area contributed by atoms with Gasteiger partial charge in [-0.25, -0.2) is 9.78 Å². The Balaban J connectivity index is 1.42. The zero-order valence-electron chi connectivity index (χ0n) is 16.0. The van der Waals surface area contributed by atoms with Crippen molar-refractivity contribution in [1.29, 1.82) is 0 Å². The molecule has 4 heterocycles. The van der Waals surface area contributed by atoms with Gasteiger partial charge in [-0.2, -0.15) is 4.99 Å². The summed E-state index contributed by atoms with van der Waals surface area (Å²) >= 11 is 6.44. The summed E-state index contributed by atoms with van der Waals surface area (Å²) in [6, 6.07) is 7.89. The lowest BCUT2D eigenvalue weighted by atomic mass is 9.84. The van der Waals surface area contributed by atoms with Crippen molar-refractivity contribution < 1.29 is 19.1 Å². The smallest absolute Gasteiger partial charge is 0.340 e. The zero-order chi connectivity index (χ0) is 20.5. The molecule has 0 radical (unpaired) electrons. The molecule has 0 unspecified atom stereocenters. The molecule has 1 aromatic heterocycles. The first-order valence-electron chi connectivity index (χ1n) is 10.0. The van der Waals surface area contributed by atoms with Gasteiger partial charge in [0.2, 0.25) is 5.90 Å². The lowest BCUT2D eigenvalue weighted by molar-refractivity contribution is -0.130. The van der Waals surface area contributed by atoms with E-state index >= 15 is 0 Å². The van der Waals surface area contributed by atoms with E-state index in [2.05, 4.69) is 15.3 Å². The number of carbonyl (C=O) groups excluding carboxylic acids is 2. The summed E-state index contributed by atoms with van der Waals surface area (Å²) in [5.74, 6) is -0.683. The van der Waals surface area contributed by atoms with Crippen LogP contribution in [0.4, 0.5) is 0 Å². The highest BCUT2D eigenvalue weighted by Gasteiger charge is 2.54. The van der Waals surface area contributed by atoms with Crippen LogP contribution in [0.5, 0.6) is 0 Å². The van der Waals surface area contributed by atoms with Gasteiger partial charge in [0, 0.05) is 37.4 Å². The molecule has 1 fully saturated rings. The number of hydrogen-bond acceptors (Lipinski definition) is 6. The summed E-state index contributed by atoms with van der Waals surface area (Å²) in [7, 11) is 0. The van der Waals surface area contributed by atoms with Crippen LogP contribution >= 0.6 is 11.6 Å². The van der Waals surface area contributed by atoms with Gasteiger partial charge in [0.25, 0.3) is 5.91 Å². The Morgan fingerprint density at radius 2 is 1.70 bits per heavy atom. The molecular formula is C22H18ClN3O4. The van der Waals surface area contributed by atoms with E-state index in [1.807, 2.05) is 24.3 Å². The van der Waals surface area contributed by atoms with Gasteiger partial charge in [0.15, 0.2) is 5.60 Å². The van der Waals surface area contributed by atoms with Crippen LogP contribution in [0.15, 0.2) is 35.5 Å². The Kier molecular flexibility index (Phi) is 3.68. The fourth-order valence-corrected chi connectivity index (χ4v) is 5.42. The molecule has 2 aromatic rings. The van der Waals surface area contributed by atoms with Crippen molar-refractivity contribution >= 4 is 29.4 Å². The fraction of sp³-hybridized carbons (Fsp3) is 0.364. The van der Waals surface area contributed by atoms with E-state index in [4.69, 9.17) is 21.1 Å². The topological polar surface area (TPSA) is 89.9 Å². The molecule has 1 N–H and O–H groups in total. The van der Waals surface area contributed by atoms with Crippen molar-refractivity contribution in [2.24, 2.45) is 4.99 Å². The van der Waals surface area contributed by atoms with Crippen molar-refractivity contribution in [3.05, 3.63) is 63.4 Å². The van der Waals surface area contributed by atoms with Gasteiger partial charge in [-0.3, -0.25) is 4.79 Å². The van der Waals surface area contributed by atoms with Crippen LogP contribution in [0.3, 0.4) is 0 Å². The highest BCUT2D eigenvalue weighted by atomic mass is 35.5. The Hall–Kier alpha value is -2.77. The number of fused-ring (bicyclic) bond motifs is 3. The van der Waals surface area contributed by atoms with Crippen molar-refractivity contribution in [3.63, 3.8) is 0 Å². The Bertz CT molecular complexity index is 1130. The molecule has 1 saturated heterocycles. The summed E-state index contributed by atoms with van der Waals surface area (Å²) in [5.41, 5.74) is 1.59. The van der Waals surface area contributed by atoms with Crippen LogP contribution in [0.1, 0.15) is 45.5 Å². The van der Waals surface area contributed by atoms with E-state index in [-0.39, 0.29) is 17.0 Å². The van der Waals surface area contributed by atoms with Crippen LogP contribution in [0.2, 0.25) is 5.15 Å². The van der Waals surface area contributed by atoms with E-state index in [1.165, 1.54) is 6.20 Å². The second-order valence-corrected chi connectivity index (χ2v) is 8.65. The number of rotatable bonds is 1. The number of nitrogens with zero attached hydrogens (tertiary/aromatic N) is 2. The third-order valence-corrected chi connectivity index (χ3v) is 6.86. The van der Waals surface area contributed by atoms with E-state index in [0.29, 0.717) is 55.5 Å². The lowest BCUT2D eigenvalue weighted by Gasteiger charge is -2.33. The molecule has 152 valence electrons. The number of aliphatic imine (C=N–C) groups is 1. The van der Waals surface area contributed by atoms with Crippen LogP contribution in [0.25, 0.3) is 0 Å². The summed E-state index contributed by atoms with van der Waals surface area (Å²) in [5, 5.41) is 3.52. The van der Waals surface area contributed by atoms with Gasteiger partial charge in [0.1, 0.15) is 10.8 Å². The minimum atomic E-state index is -1.06. The third kappa shape index (κ3) is 2.36. The number of aromatic nitrogens is 1. The average molecular weight is 424 g/mol. The second-order valence-electron chi connectivity index (χ2n) is 8.29. The van der Waals surface area contributed by atoms with E-state index in [0.717, 1.165) is 11.1 Å². The summed E-state index contributed by atoms with van der Waals surface area (Å²) < 4.78 is 12.0. The molecule has 30 heavy (non-hydrogen) atoms. The number of halogens is 1. The number of hydrogen-bond donors (Lipinski definition) is 1. The number of benzene rings is 1. The predicted molar refractivity (Wildman–Crippen MR) is 108 cm³/mol. The molecular weight excluding hydrogens is 406 g/mol. The standard InChI is InChI=1S/C22H18ClN3O4/c23-17-16-15(19(27)30-21(16)5-7-24-8-6-21)14(11-25-17)18-26-20(28)22(29-18)9-12-3-1-2-4-13(12)10-22/h1-4,11,24H,5-10H2. The van der Waals surface area contributed by atoms with Crippen molar-refractivity contribution in [2.75, 3.05) is 13.1 Å². The minimum Gasteiger partial charge on any atom is -0.460 e. The first kappa shape index (κ1) is 18.0. The van der Waals surface area contributed by atoms with E-state index in [9.17, 15) is 9.59 Å². The molecule has 8 heteroatoms. The quantitative estimate of drug-likeness (QED) is 0.559. The molecule has 1 aliphatic carbocycles. The Morgan fingerprint density at radius 1 is 1.00 bits per heavy atom. The van der Waals surface area contributed by atoms with Gasteiger partial charge in [-0.15, -0.1) is 0 Å². The largest absolute Gasteiger partial charge is 0.460 e. The molecule has 3 aliphatic heterocycles. The molecule has 1 aromatic carbocycles. The van der Waals surface area contributed by atoms with E-state index in [1.54, 1.807) is 0 Å². The monoisotopic (exact) mass is 423 g/mol. The van der Waals surface area contributed by atoms with Gasteiger partial charge in [-0.05, 0) is 24.2 Å². The number of nitrogens with one attached hydrogen (secondary N) is 1. The summed E-state index contributed by atoms with van der Waals surface area (Å²) in [4.78, 5) is 34.3. The molecule has 0 atom stereocenters. The predicted octanol–water partition coefficient (Wildman–Crippen LogP) is 2.33. The van der Waals surface area contributed by atoms with Crippen molar-refractivity contribution in [3.8, 4) is 0 Å². The van der Waals surface area contributed by atoms with Gasteiger partial charge in [0.05, 0.1) is 11.1 Å². The minimum absolute atomic E-state index is 0.121. The first-order valence-corrected chi connectivity index (χ1v) is 10.4. The van der Waals surface area contributed by atoms with E-state index < -0.39 is 17.2 Å². The summed E-state index contributed by atoms with van der Waals surface area (Å²) in [6.45, 7) is 1.43. The number of carbonyl (C=O) groups is 2. The number of esters is 1. The number of ether oxygens (including phenoxy) is 2. The second kappa shape index (κ2) is 6.12. The normalized spacial score (nSPS) is 22.6. The van der Waals surface area contributed by atoms with Gasteiger partial charge in [-0.1, -0.05) is 35.9 Å². The SMILES string of the molecule is O=C1OC2(CCNCC2)c2c(Cl)ncc(C3=NC(=O)C4(Cc5ccccc5C4)O3)c21. The maximum Gasteiger partial charge on any atom is 0.340 e. The first-order chi connectivity index (χ1) is 14.5. The van der Waals surface area contributed by atoms with Crippen molar-refractivity contribution in [1.82, 2.24) is 10.3 Å². The highest BCUT2D eigenvalue weighted by Crippen LogP contribution is 2.47. The molecule has 7 nitrogen and oxygen atoms in total. The van der Waals surface area contributed by atoms with Crippen LogP contribution in [-0.4, -0.2) is 41.4 Å². The van der Waals surface area contributed by atoms with Gasteiger partial charge >= 0.3 is 5.97 Å². The average Bonchev–Trinajstić information content (AvgIpc) is 3.36. The maximum absolute atomic E-state index is 12.9.